The molecule has 29 heteroatoms. The van der Waals surface area contributed by atoms with Gasteiger partial charge in [-0.15, -0.1) is 0 Å². The standard InChI is InChI=1S/C30H31N5O4.C18H14ClNO2.C13H19N3O2.S11/c1-31-30(38)27-4-2-3-22-19-24(9-10-26(22)27)39-25-11-12-32-28(20-25)33-29(37)21-5-7-23(8-6-21)35-15-13-34(14-16-35)17-18-36;1-2-17(21)16-5-3-4-12-10-13(6-7-15(12)16)22-14-8-9-20-18(19)11-14;14-13(18)11-1-3-12(4-2-11)16-7-5-15(6-8-16)9-10-17;1-3-5-7-9-11-10-8-6-4-2/h2-12,19-20,36H,13-18H2,1H3,(H,31,38)(H,32,33,37);3-11H,2H2,1H3;1-4,17H,5-10H2,(H2,14,18);. The number of β-amino-alcohol motifs (C(OH)–C–C–N with tert-alkyl or cyclic N) is 2. The van der Waals surface area contributed by atoms with Crippen LogP contribution in [-0.2, 0) is 102 Å². The first kappa shape index (κ1) is 71.4. The molecule has 2 fully saturated rings. The number of piperazine rings is 2. The Morgan fingerprint density at radius 2 is 1.01 bits per heavy atom. The van der Waals surface area contributed by atoms with Gasteiger partial charge >= 0.3 is 0 Å². The predicted molar refractivity (Wildman–Crippen MR) is 391 cm³/mol. The number of Topliss-reactive ketones (excluding diaryl/α,β-unsaturated/α-hetero) is 1. The van der Waals surface area contributed by atoms with Crippen molar-refractivity contribution in [3.63, 3.8) is 0 Å². The van der Waals surface area contributed by atoms with Crippen LogP contribution >= 0.6 is 11.6 Å². The maximum atomic E-state index is 12.9. The van der Waals surface area contributed by atoms with E-state index in [1.807, 2.05) is 110 Å². The zero-order valence-corrected chi connectivity index (χ0v) is 58.4. The van der Waals surface area contributed by atoms with Crippen LogP contribution in [0.1, 0.15) is 54.8 Å². The third kappa shape index (κ3) is 22.7. The second kappa shape index (κ2) is 38.7. The third-order valence-electron chi connectivity index (χ3n) is 13.8. The predicted octanol–water partition coefficient (Wildman–Crippen LogP) is 8.90. The van der Waals surface area contributed by atoms with E-state index in [0.717, 1.165) is 97.4 Å². The zero-order chi connectivity index (χ0) is 64.0. The van der Waals surface area contributed by atoms with Crippen molar-refractivity contribution in [1.29, 1.82) is 0 Å². The van der Waals surface area contributed by atoms with E-state index in [2.05, 4.69) is 62.6 Å². The van der Waals surface area contributed by atoms with Crippen molar-refractivity contribution in [3.8, 4) is 23.0 Å². The highest BCUT2D eigenvalue weighted by Gasteiger charge is 2.19. The van der Waals surface area contributed by atoms with Crippen LogP contribution in [0.25, 0.3) is 21.5 Å². The summed E-state index contributed by atoms with van der Waals surface area (Å²) in [5.74, 6) is 2.17. The number of carbonyl (C=O) groups is 4. The Labute approximate surface area is 563 Å². The van der Waals surface area contributed by atoms with Crippen LogP contribution in [-0.4, -0.2) is 139 Å². The Balaban J connectivity index is 0.000000190. The molecule has 0 saturated carbocycles. The summed E-state index contributed by atoms with van der Waals surface area (Å²) in [5, 5.41) is 27.5. The summed E-state index contributed by atoms with van der Waals surface area (Å²) in [6.07, 6.45) is 3.67. The topological polar surface area (TPSA) is 216 Å². The van der Waals surface area contributed by atoms with Crippen molar-refractivity contribution in [2.45, 2.75) is 13.3 Å². The summed E-state index contributed by atoms with van der Waals surface area (Å²) in [4.78, 5) is 65.2. The van der Waals surface area contributed by atoms with E-state index < -0.39 is 5.91 Å². The monoisotopic (exact) mass is 1440 g/mol. The highest BCUT2D eigenvalue weighted by Crippen LogP contribution is 2.31. The Morgan fingerprint density at radius 3 is 1.48 bits per heavy atom. The number of aliphatic hydroxyl groups excluding tert-OH is 2. The summed E-state index contributed by atoms with van der Waals surface area (Å²) >= 11 is 15.2. The number of pyridine rings is 2. The molecule has 0 spiro atoms. The van der Waals surface area contributed by atoms with Gasteiger partial charge in [0.05, 0.1) is 13.2 Å². The van der Waals surface area contributed by atoms with E-state index in [9.17, 15) is 19.2 Å². The number of halogens is 1. The number of primary amides is 1. The molecule has 0 atom stereocenters. The van der Waals surface area contributed by atoms with Gasteiger partial charge in [-0.2, -0.15) is 0 Å². The van der Waals surface area contributed by atoms with E-state index in [1.165, 1.54) is 17.8 Å². The SMILES string of the molecule is CCC(=O)c1cccc2cc(Oc3ccnc(Cl)c3)ccc12.CNC(=O)c1cccc2cc(Oc3ccnc(NC(=O)c4ccc(N5CCN(CCO)CC5)cc4)c3)ccc12.NC(=O)c1ccc(N2CCN(CCO)CC2)cc1.S=S=S=S=S=S=S=S=S=S=S. The fraction of sp³-hybridized carbons (Fsp3) is 0.246. The second-order valence-electron chi connectivity index (χ2n) is 19.3. The van der Waals surface area contributed by atoms with Gasteiger partial charge < -0.3 is 45.9 Å². The van der Waals surface area contributed by atoms with E-state index in [-0.39, 0.29) is 30.8 Å². The van der Waals surface area contributed by atoms with E-state index in [0.29, 0.717) is 63.6 Å². The van der Waals surface area contributed by atoms with Gasteiger partial charge in [0.15, 0.2) is 5.78 Å². The lowest BCUT2D eigenvalue weighted by molar-refractivity contribution is 0.0961. The minimum absolute atomic E-state index is 0.139. The Hall–Kier alpha value is -6.03. The van der Waals surface area contributed by atoms with Gasteiger partial charge in [0.2, 0.25) is 5.91 Å². The molecule has 0 aliphatic carbocycles. The summed E-state index contributed by atoms with van der Waals surface area (Å²) in [6, 6.07) is 44.2. The molecule has 17 nitrogen and oxygen atoms in total. The number of aliphatic hydroxyl groups is 2. The molecule has 2 saturated heterocycles. The van der Waals surface area contributed by atoms with Crippen LogP contribution in [0.2, 0.25) is 5.15 Å². The molecule has 10 rings (SSSR count). The fourth-order valence-corrected chi connectivity index (χ4v) is 28.7. The van der Waals surface area contributed by atoms with Crippen molar-refractivity contribution in [2.75, 3.05) is 101 Å². The van der Waals surface area contributed by atoms with Crippen LogP contribution in [0, 0.1) is 0 Å². The molecule has 90 heavy (non-hydrogen) atoms. The number of anilines is 3. The lowest BCUT2D eigenvalue weighted by Gasteiger charge is -2.35. The van der Waals surface area contributed by atoms with Gasteiger partial charge in [0.25, 0.3) is 11.8 Å². The van der Waals surface area contributed by atoms with Crippen molar-refractivity contribution >= 4 is 176 Å². The summed E-state index contributed by atoms with van der Waals surface area (Å²) in [6.45, 7) is 11.1. The molecule has 3 amide bonds. The second-order valence-corrected chi connectivity index (χ2v) is 35.6. The first-order valence-electron chi connectivity index (χ1n) is 27.8. The summed E-state index contributed by atoms with van der Waals surface area (Å²) in [7, 11) is 16.1. The molecule has 6 N–H and O–H groups in total. The van der Waals surface area contributed by atoms with Crippen molar-refractivity contribution in [3.05, 3.63) is 185 Å². The van der Waals surface area contributed by atoms with E-state index in [1.54, 1.807) is 124 Å². The van der Waals surface area contributed by atoms with Crippen LogP contribution in [0.4, 0.5) is 17.2 Å². The van der Waals surface area contributed by atoms with Gasteiger partial charge in [-0.3, -0.25) is 29.0 Å². The van der Waals surface area contributed by atoms with Gasteiger partial charge in [0.1, 0.15) is 34.0 Å². The quantitative estimate of drug-likeness (QED) is 0.0451. The molecule has 8 aromatic rings. The minimum Gasteiger partial charge on any atom is -0.457 e. The Morgan fingerprint density at radius 1 is 0.556 bits per heavy atom. The normalized spacial score (nSPS) is 12.8. The number of ether oxygens (including phenoxy) is 2. The number of fused-ring (bicyclic) bond motifs is 2. The largest absolute Gasteiger partial charge is 0.457 e. The van der Waals surface area contributed by atoms with Crippen molar-refractivity contribution in [2.24, 2.45) is 5.73 Å². The van der Waals surface area contributed by atoms with Crippen LogP contribution in [0.15, 0.2) is 158 Å². The van der Waals surface area contributed by atoms with Crippen molar-refractivity contribution in [1.82, 2.24) is 25.1 Å². The number of amides is 3. The van der Waals surface area contributed by atoms with Crippen LogP contribution in [0.5, 0.6) is 23.0 Å². The first-order chi connectivity index (χ1) is 43.8. The molecule has 474 valence electrons. The van der Waals surface area contributed by atoms with Gasteiger partial charge in [-0.25, -0.2) is 9.97 Å². The molecule has 2 aromatic heterocycles. The third-order valence-corrected chi connectivity index (χ3v) is 31.7. The number of aromatic nitrogens is 2. The maximum absolute atomic E-state index is 12.9. The molecule has 2 aliphatic heterocycles. The summed E-state index contributed by atoms with van der Waals surface area (Å²) < 4.78 is 11.8. The lowest BCUT2D eigenvalue weighted by Crippen LogP contribution is -2.47. The fourth-order valence-electron chi connectivity index (χ4n) is 9.35. The minimum atomic E-state index is -0.394. The average molecular weight is 1440 g/mol. The van der Waals surface area contributed by atoms with E-state index in [4.69, 9.17) is 37.0 Å². The Bertz CT molecular complexity index is 4170. The lowest BCUT2D eigenvalue weighted by atomic mass is 10.00. The van der Waals surface area contributed by atoms with E-state index >= 15 is 0 Å². The number of nitrogens with one attached hydrogen (secondary N) is 2. The molecule has 4 heterocycles. The number of nitrogens with zero attached hydrogens (tertiary/aromatic N) is 6. The number of carbonyl (C=O) groups excluding carboxylic acids is 4. The number of hydrogen-bond donors (Lipinski definition) is 5. The van der Waals surface area contributed by atoms with Crippen LogP contribution < -0.4 is 35.6 Å². The van der Waals surface area contributed by atoms with Gasteiger partial charge in [-0.05, 0) is 125 Å². The van der Waals surface area contributed by atoms with Gasteiger partial charge in [-0.1, -0.05) is 48.9 Å². The first-order valence-corrected chi connectivity index (χ1v) is 41.5. The van der Waals surface area contributed by atoms with Crippen LogP contribution in [0.3, 0.4) is 0 Å². The smallest absolute Gasteiger partial charge is 0.256 e. The molecule has 0 unspecified atom stereocenters. The molecular weight excluding hydrogens is 1370 g/mol. The molecule has 0 radical (unpaired) electrons. The average Bonchev–Trinajstić information content (AvgIpc) is 1.05. The number of benzene rings is 6. The number of nitrogens with two attached hydrogens (primary N) is 1. The number of rotatable bonds is 16. The Kier molecular flexibility index (Phi) is 30.7. The molecule has 0 bridgehead atoms. The maximum Gasteiger partial charge on any atom is 0.256 e. The van der Waals surface area contributed by atoms with Crippen molar-refractivity contribution < 1.29 is 38.9 Å². The molecule has 6 aromatic carbocycles. The van der Waals surface area contributed by atoms with Gasteiger partial charge in [0, 0.05) is 239 Å². The molecular formula is C61H64ClN9O8S11. The zero-order valence-electron chi connectivity index (χ0n) is 48.7. The highest BCUT2D eigenvalue weighted by atomic mass is 35.5. The number of hydrogen-bond acceptors (Lipinski definition) is 16. The number of ketones is 1. The highest BCUT2D eigenvalue weighted by molar-refractivity contribution is 8.74. The summed E-state index contributed by atoms with van der Waals surface area (Å²) in [5.41, 5.74) is 9.82. The molecule has 2 aliphatic rings.